The molecule has 0 saturated carbocycles. The van der Waals surface area contributed by atoms with Crippen molar-refractivity contribution >= 4 is 17.7 Å². The van der Waals surface area contributed by atoms with E-state index in [0.29, 0.717) is 25.3 Å². The third-order valence-corrected chi connectivity index (χ3v) is 3.09. The van der Waals surface area contributed by atoms with E-state index in [1.54, 1.807) is 23.1 Å². The van der Waals surface area contributed by atoms with Gasteiger partial charge >= 0.3 is 0 Å². The highest BCUT2D eigenvalue weighted by atomic mass is 16.6. The van der Waals surface area contributed by atoms with Crippen molar-refractivity contribution in [1.29, 1.82) is 0 Å². The molecule has 0 spiro atoms. The van der Waals surface area contributed by atoms with Gasteiger partial charge in [-0.15, -0.1) is 0 Å². The lowest BCUT2D eigenvalue weighted by Gasteiger charge is -2.30. The second-order valence-corrected chi connectivity index (χ2v) is 4.61. The molecule has 1 fully saturated rings. The van der Waals surface area contributed by atoms with Gasteiger partial charge in [0.2, 0.25) is 5.91 Å². The number of amides is 1. The zero-order valence-corrected chi connectivity index (χ0v) is 11.2. The lowest BCUT2D eigenvalue weighted by atomic mass is 10.1. The van der Waals surface area contributed by atoms with Crippen LogP contribution in [0.1, 0.15) is 12.5 Å². The van der Waals surface area contributed by atoms with Gasteiger partial charge in [0.1, 0.15) is 0 Å². The fourth-order valence-electron chi connectivity index (χ4n) is 2.08. The number of rotatable bonds is 3. The molecule has 0 radical (unpaired) electrons. The number of para-hydroxylation sites is 1. The summed E-state index contributed by atoms with van der Waals surface area (Å²) in [6, 6.07) is 6.33. The summed E-state index contributed by atoms with van der Waals surface area (Å²) in [6.45, 7) is 3.52. The van der Waals surface area contributed by atoms with Crippen molar-refractivity contribution in [3.05, 3.63) is 46.0 Å². The Morgan fingerprint density at radius 3 is 2.95 bits per heavy atom. The van der Waals surface area contributed by atoms with E-state index in [0.717, 1.165) is 0 Å². The van der Waals surface area contributed by atoms with Gasteiger partial charge in [-0.1, -0.05) is 12.1 Å². The smallest absolute Gasteiger partial charge is 0.276 e. The largest absolute Gasteiger partial charge is 0.375 e. The normalized spacial score (nSPS) is 19.2. The van der Waals surface area contributed by atoms with Gasteiger partial charge < -0.3 is 9.64 Å². The van der Waals surface area contributed by atoms with Crippen LogP contribution in [-0.4, -0.2) is 41.5 Å². The number of benzene rings is 1. The summed E-state index contributed by atoms with van der Waals surface area (Å²) in [5.74, 6) is -0.154. The quantitative estimate of drug-likeness (QED) is 0.480. The first-order valence-electron chi connectivity index (χ1n) is 6.40. The Kier molecular flexibility index (Phi) is 4.47. The maximum absolute atomic E-state index is 12.0. The summed E-state index contributed by atoms with van der Waals surface area (Å²) < 4.78 is 5.36. The molecule has 1 heterocycles. The van der Waals surface area contributed by atoms with Crippen molar-refractivity contribution in [3.63, 3.8) is 0 Å². The summed E-state index contributed by atoms with van der Waals surface area (Å²) in [7, 11) is 0. The summed E-state index contributed by atoms with van der Waals surface area (Å²) >= 11 is 0. The lowest BCUT2D eigenvalue weighted by Crippen LogP contribution is -2.43. The van der Waals surface area contributed by atoms with Crippen molar-refractivity contribution in [2.75, 3.05) is 19.7 Å². The van der Waals surface area contributed by atoms with E-state index < -0.39 is 4.92 Å². The number of nitrogens with zero attached hydrogens (tertiary/aromatic N) is 2. The van der Waals surface area contributed by atoms with Crippen LogP contribution in [-0.2, 0) is 9.53 Å². The predicted molar refractivity (Wildman–Crippen MR) is 74.1 cm³/mol. The summed E-state index contributed by atoms with van der Waals surface area (Å²) in [6.07, 6.45) is 2.88. The van der Waals surface area contributed by atoms with Crippen LogP contribution in [0.3, 0.4) is 0 Å². The lowest BCUT2D eigenvalue weighted by molar-refractivity contribution is -0.385. The highest BCUT2D eigenvalue weighted by Gasteiger charge is 2.19. The maximum atomic E-state index is 12.0. The molecule has 1 aromatic carbocycles. The molecule has 1 aliphatic rings. The highest BCUT2D eigenvalue weighted by Crippen LogP contribution is 2.19. The third kappa shape index (κ3) is 3.42. The van der Waals surface area contributed by atoms with Gasteiger partial charge in [0, 0.05) is 25.2 Å². The van der Waals surface area contributed by atoms with Gasteiger partial charge in [0.15, 0.2) is 0 Å². The minimum Gasteiger partial charge on any atom is -0.375 e. The van der Waals surface area contributed by atoms with Gasteiger partial charge in [-0.05, 0) is 19.1 Å². The number of hydrogen-bond donors (Lipinski definition) is 0. The molecule has 0 bridgehead atoms. The molecule has 1 unspecified atom stereocenters. The van der Waals surface area contributed by atoms with Crippen molar-refractivity contribution in [2.24, 2.45) is 0 Å². The molecule has 0 N–H and O–H groups in total. The van der Waals surface area contributed by atoms with E-state index in [1.807, 2.05) is 6.92 Å². The zero-order valence-electron chi connectivity index (χ0n) is 11.2. The van der Waals surface area contributed by atoms with Crippen LogP contribution in [0.2, 0.25) is 0 Å². The van der Waals surface area contributed by atoms with E-state index >= 15 is 0 Å². The maximum Gasteiger partial charge on any atom is 0.276 e. The van der Waals surface area contributed by atoms with E-state index in [2.05, 4.69) is 0 Å². The Morgan fingerprint density at radius 1 is 1.50 bits per heavy atom. The minimum atomic E-state index is -0.457. The molecule has 1 saturated heterocycles. The van der Waals surface area contributed by atoms with Crippen molar-refractivity contribution in [3.8, 4) is 0 Å². The first-order valence-corrected chi connectivity index (χ1v) is 6.40. The van der Waals surface area contributed by atoms with E-state index in [4.69, 9.17) is 4.74 Å². The predicted octanol–water partition coefficient (Wildman–Crippen LogP) is 1.86. The Morgan fingerprint density at radius 2 is 2.25 bits per heavy atom. The van der Waals surface area contributed by atoms with Crippen LogP contribution in [0.25, 0.3) is 6.08 Å². The SMILES string of the molecule is CC1CN(C(=O)/C=C/c2ccccc2[N+](=O)[O-])CCO1. The molecular formula is C14H16N2O4. The van der Waals surface area contributed by atoms with Crippen LogP contribution in [0.15, 0.2) is 30.3 Å². The highest BCUT2D eigenvalue weighted by molar-refractivity contribution is 5.92. The third-order valence-electron chi connectivity index (χ3n) is 3.09. The second-order valence-electron chi connectivity index (χ2n) is 4.61. The molecule has 1 amide bonds. The number of nitro benzene ring substituents is 1. The van der Waals surface area contributed by atoms with Gasteiger partial charge in [-0.2, -0.15) is 0 Å². The Bertz CT molecular complexity index is 542. The average Bonchev–Trinajstić information content (AvgIpc) is 2.45. The van der Waals surface area contributed by atoms with Crippen molar-refractivity contribution in [1.82, 2.24) is 4.90 Å². The standard InChI is InChI=1S/C14H16N2O4/c1-11-10-15(8-9-20-11)14(17)7-6-12-4-2-3-5-13(12)16(18)19/h2-7,11H,8-10H2,1H3/b7-6+. The average molecular weight is 276 g/mol. The Labute approximate surface area is 116 Å². The first kappa shape index (κ1) is 14.2. The number of carbonyl (C=O) groups excluding carboxylic acids is 1. The number of hydrogen-bond acceptors (Lipinski definition) is 4. The monoisotopic (exact) mass is 276 g/mol. The second kappa shape index (κ2) is 6.29. The Hall–Kier alpha value is -2.21. The molecule has 1 atom stereocenters. The topological polar surface area (TPSA) is 72.7 Å². The van der Waals surface area contributed by atoms with Crippen LogP contribution in [0.5, 0.6) is 0 Å². The molecular weight excluding hydrogens is 260 g/mol. The first-order chi connectivity index (χ1) is 9.58. The summed E-state index contributed by atoms with van der Waals surface area (Å²) in [5.41, 5.74) is 0.416. The van der Waals surface area contributed by atoms with Gasteiger partial charge in [0.25, 0.3) is 5.69 Å². The number of nitro groups is 1. The van der Waals surface area contributed by atoms with Crippen molar-refractivity contribution < 1.29 is 14.5 Å². The van der Waals surface area contributed by atoms with E-state index in [9.17, 15) is 14.9 Å². The van der Waals surface area contributed by atoms with E-state index in [1.165, 1.54) is 18.2 Å². The minimum absolute atomic E-state index is 0.00750. The summed E-state index contributed by atoms with van der Waals surface area (Å²) in [5, 5.41) is 10.9. The number of ether oxygens (including phenoxy) is 1. The Balaban J connectivity index is 2.09. The van der Waals surface area contributed by atoms with Gasteiger partial charge in [0.05, 0.1) is 23.2 Å². The fourth-order valence-corrected chi connectivity index (χ4v) is 2.08. The van der Waals surface area contributed by atoms with Crippen LogP contribution in [0, 0.1) is 10.1 Å². The van der Waals surface area contributed by atoms with Crippen LogP contribution >= 0.6 is 0 Å². The molecule has 0 aliphatic carbocycles. The molecule has 1 aromatic rings. The van der Waals surface area contributed by atoms with Crippen molar-refractivity contribution in [2.45, 2.75) is 13.0 Å². The van der Waals surface area contributed by atoms with Gasteiger partial charge in [-0.3, -0.25) is 14.9 Å². The molecule has 2 rings (SSSR count). The van der Waals surface area contributed by atoms with Crippen LogP contribution < -0.4 is 0 Å². The molecule has 1 aliphatic heterocycles. The number of carbonyl (C=O) groups is 1. The molecule has 6 nitrogen and oxygen atoms in total. The van der Waals surface area contributed by atoms with Crippen LogP contribution in [0.4, 0.5) is 5.69 Å². The molecule has 0 aromatic heterocycles. The molecule has 20 heavy (non-hydrogen) atoms. The molecule has 106 valence electrons. The van der Waals surface area contributed by atoms with E-state index in [-0.39, 0.29) is 17.7 Å². The summed E-state index contributed by atoms with van der Waals surface area (Å²) in [4.78, 5) is 24.1. The zero-order chi connectivity index (χ0) is 14.5. The fraction of sp³-hybridized carbons (Fsp3) is 0.357. The molecule has 6 heteroatoms. The van der Waals surface area contributed by atoms with Gasteiger partial charge in [-0.25, -0.2) is 0 Å². The number of morpholine rings is 1.